The molecule has 0 fully saturated rings. The van der Waals surface area contributed by atoms with E-state index in [9.17, 15) is 0 Å². The van der Waals surface area contributed by atoms with Crippen molar-refractivity contribution in [3.05, 3.63) is 0 Å². The largest absolute Gasteiger partial charge is 0.354 e. The third-order valence-corrected chi connectivity index (χ3v) is 3.29. The van der Waals surface area contributed by atoms with Crippen molar-refractivity contribution < 1.29 is 0 Å². The number of nitrogens with two attached hydrogens (primary N) is 1. The molecule has 9 heavy (non-hydrogen) atoms. The van der Waals surface area contributed by atoms with Crippen LogP contribution in [0.3, 0.4) is 0 Å². The Morgan fingerprint density at radius 1 is 1.11 bits per heavy atom. The topological polar surface area (TPSA) is 32.5 Å². The molecule has 0 amide bonds. The van der Waals surface area contributed by atoms with Gasteiger partial charge in [-0.15, -0.1) is 0 Å². The first-order chi connectivity index (χ1) is 4.09. The Labute approximate surface area is 59.7 Å². The lowest BCUT2D eigenvalue weighted by molar-refractivity contribution is 0.200. The van der Waals surface area contributed by atoms with Gasteiger partial charge < -0.3 is 5.40 Å². The van der Waals surface area contributed by atoms with Gasteiger partial charge in [0.2, 0.25) is 0 Å². The van der Waals surface area contributed by atoms with Gasteiger partial charge in [-0.25, -0.2) is 0 Å². The van der Waals surface area contributed by atoms with Gasteiger partial charge in [0.1, 0.15) is 9.68 Å². The van der Waals surface area contributed by atoms with Crippen LogP contribution in [-0.2, 0) is 0 Å². The highest BCUT2D eigenvalue weighted by Crippen LogP contribution is 1.90. The standard InChI is InChI=1S/C5H17N3Si/c1-7(2)5(9-6)8(3)4/h5H,6,9H2,1-4H3. The summed E-state index contributed by atoms with van der Waals surface area (Å²) in [7, 11) is 7.83. The summed E-state index contributed by atoms with van der Waals surface area (Å²) in [6.07, 6.45) is 0. The molecule has 0 aromatic rings. The average molecular weight is 147 g/mol. The molecule has 0 aromatic heterocycles. The van der Waals surface area contributed by atoms with Crippen molar-refractivity contribution >= 4 is 9.68 Å². The van der Waals surface area contributed by atoms with Gasteiger partial charge in [0.05, 0.1) is 5.79 Å². The van der Waals surface area contributed by atoms with Crippen LogP contribution in [0.4, 0.5) is 0 Å². The lowest BCUT2D eigenvalue weighted by Gasteiger charge is -2.28. The van der Waals surface area contributed by atoms with E-state index in [1.165, 1.54) is 0 Å². The predicted molar refractivity (Wildman–Crippen MR) is 43.9 cm³/mol. The minimum atomic E-state index is -0.415. The average Bonchev–Trinajstić information content (AvgIpc) is 1.64. The first-order valence-corrected chi connectivity index (χ1v) is 4.75. The van der Waals surface area contributed by atoms with Gasteiger partial charge in [0.15, 0.2) is 0 Å². The molecule has 0 rings (SSSR count). The van der Waals surface area contributed by atoms with E-state index in [1.54, 1.807) is 0 Å². The van der Waals surface area contributed by atoms with Crippen LogP contribution in [0.1, 0.15) is 0 Å². The maximum atomic E-state index is 5.63. The minimum absolute atomic E-state index is 0.415. The lowest BCUT2D eigenvalue weighted by Crippen LogP contribution is -2.48. The Morgan fingerprint density at radius 3 is 1.44 bits per heavy atom. The highest BCUT2D eigenvalue weighted by atomic mass is 28.2. The second-order valence-electron chi connectivity index (χ2n) is 2.64. The number of rotatable bonds is 3. The molecule has 2 N–H and O–H groups in total. The zero-order chi connectivity index (χ0) is 7.44. The van der Waals surface area contributed by atoms with Gasteiger partial charge in [0, 0.05) is 0 Å². The molecule has 0 heterocycles. The quantitative estimate of drug-likeness (QED) is 0.387. The number of hydrogen-bond donors (Lipinski definition) is 1. The number of hydrogen-bond acceptors (Lipinski definition) is 3. The van der Waals surface area contributed by atoms with E-state index >= 15 is 0 Å². The van der Waals surface area contributed by atoms with Crippen LogP contribution in [0.5, 0.6) is 0 Å². The Kier molecular flexibility index (Phi) is 4.04. The number of nitrogens with zero attached hydrogens (tertiary/aromatic N) is 2. The predicted octanol–water partition coefficient (Wildman–Crippen LogP) is -1.56. The second-order valence-corrected chi connectivity index (χ2v) is 3.85. The van der Waals surface area contributed by atoms with Crippen LogP contribution < -0.4 is 5.40 Å². The molecule has 0 aliphatic rings. The summed E-state index contributed by atoms with van der Waals surface area (Å²) in [5.74, 6) is 0.505. The first kappa shape index (κ1) is 9.10. The highest BCUT2D eigenvalue weighted by molar-refractivity contribution is 6.33. The molecule has 0 radical (unpaired) electrons. The van der Waals surface area contributed by atoms with E-state index in [0.29, 0.717) is 5.79 Å². The molecular formula is C5H17N3Si. The van der Waals surface area contributed by atoms with Crippen LogP contribution in [0.2, 0.25) is 0 Å². The van der Waals surface area contributed by atoms with Gasteiger partial charge in [-0.2, -0.15) is 0 Å². The molecule has 56 valence electrons. The van der Waals surface area contributed by atoms with E-state index in [2.05, 4.69) is 38.0 Å². The monoisotopic (exact) mass is 147 g/mol. The maximum Gasteiger partial charge on any atom is 0.125 e. The summed E-state index contributed by atoms with van der Waals surface area (Å²) < 4.78 is 0. The van der Waals surface area contributed by atoms with Gasteiger partial charge in [-0.1, -0.05) is 0 Å². The summed E-state index contributed by atoms with van der Waals surface area (Å²) in [6.45, 7) is 0. The Hall–Kier alpha value is 0.0969. The highest BCUT2D eigenvalue weighted by Gasteiger charge is 2.10. The molecule has 4 heteroatoms. The molecule has 0 spiro atoms. The summed E-state index contributed by atoms with van der Waals surface area (Å²) >= 11 is 0. The van der Waals surface area contributed by atoms with Gasteiger partial charge >= 0.3 is 0 Å². The molecule has 0 bridgehead atoms. The molecule has 0 atom stereocenters. The fourth-order valence-corrected chi connectivity index (χ4v) is 1.73. The van der Waals surface area contributed by atoms with Crippen LogP contribution in [-0.4, -0.2) is 53.5 Å². The third-order valence-electron chi connectivity index (χ3n) is 1.40. The molecule has 0 saturated heterocycles. The zero-order valence-electron chi connectivity index (χ0n) is 6.76. The summed E-state index contributed by atoms with van der Waals surface area (Å²) in [5.41, 5.74) is 0. The van der Waals surface area contributed by atoms with Crippen LogP contribution in [0.25, 0.3) is 0 Å². The minimum Gasteiger partial charge on any atom is -0.354 e. The van der Waals surface area contributed by atoms with Crippen LogP contribution >= 0.6 is 0 Å². The summed E-state index contributed by atoms with van der Waals surface area (Å²) in [4.78, 5) is 4.32. The third kappa shape index (κ3) is 2.95. The van der Waals surface area contributed by atoms with Crippen molar-refractivity contribution in [2.75, 3.05) is 28.2 Å². The molecule has 0 aliphatic carbocycles. The normalized spacial score (nSPS) is 13.3. The maximum absolute atomic E-state index is 5.63. The van der Waals surface area contributed by atoms with E-state index in [1.807, 2.05) is 0 Å². The van der Waals surface area contributed by atoms with Crippen molar-refractivity contribution in [3.8, 4) is 0 Å². The SMILES string of the molecule is CN(C)C([SiH2]N)N(C)C. The fourth-order valence-electron chi connectivity index (χ4n) is 0.884. The smallest absolute Gasteiger partial charge is 0.125 e. The molecule has 0 aliphatic heterocycles. The Balaban J connectivity index is 3.68. The van der Waals surface area contributed by atoms with Gasteiger partial charge in [-0.05, 0) is 28.2 Å². The van der Waals surface area contributed by atoms with Gasteiger partial charge in [0.25, 0.3) is 0 Å². The lowest BCUT2D eigenvalue weighted by atomic mass is 10.8. The van der Waals surface area contributed by atoms with E-state index < -0.39 is 9.68 Å². The molecular weight excluding hydrogens is 130 g/mol. The van der Waals surface area contributed by atoms with Crippen molar-refractivity contribution in [2.45, 2.75) is 5.79 Å². The Bertz CT molecular complexity index is 66.6. The van der Waals surface area contributed by atoms with Crippen molar-refractivity contribution in [3.63, 3.8) is 0 Å². The van der Waals surface area contributed by atoms with Crippen LogP contribution in [0, 0.1) is 0 Å². The molecule has 3 nitrogen and oxygen atoms in total. The van der Waals surface area contributed by atoms with Crippen molar-refractivity contribution in [1.82, 2.24) is 9.80 Å². The molecule has 0 aromatic carbocycles. The first-order valence-electron chi connectivity index (χ1n) is 3.12. The Morgan fingerprint density at radius 2 is 1.44 bits per heavy atom. The summed E-state index contributed by atoms with van der Waals surface area (Å²) in [5, 5.41) is 5.63. The molecule has 0 saturated carbocycles. The fraction of sp³-hybridized carbons (Fsp3) is 1.00. The summed E-state index contributed by atoms with van der Waals surface area (Å²) in [6, 6.07) is 0. The van der Waals surface area contributed by atoms with E-state index in [0.717, 1.165) is 0 Å². The molecule has 0 unspecified atom stereocenters. The second kappa shape index (κ2) is 4.00. The van der Waals surface area contributed by atoms with Crippen molar-refractivity contribution in [1.29, 1.82) is 0 Å². The van der Waals surface area contributed by atoms with Gasteiger partial charge in [-0.3, -0.25) is 9.80 Å². The van der Waals surface area contributed by atoms with E-state index in [-0.39, 0.29) is 0 Å². The van der Waals surface area contributed by atoms with Crippen molar-refractivity contribution in [2.24, 2.45) is 5.40 Å². The van der Waals surface area contributed by atoms with Crippen LogP contribution in [0.15, 0.2) is 0 Å². The van der Waals surface area contributed by atoms with E-state index in [4.69, 9.17) is 5.40 Å². The zero-order valence-corrected chi connectivity index (χ0v) is 8.17.